The highest BCUT2D eigenvalue weighted by Crippen LogP contribution is 2.30. The predicted molar refractivity (Wildman–Crippen MR) is 96.1 cm³/mol. The van der Waals surface area contributed by atoms with Crippen LogP contribution in [-0.2, 0) is 6.54 Å². The zero-order chi connectivity index (χ0) is 17.4. The van der Waals surface area contributed by atoms with Gasteiger partial charge in [-0.1, -0.05) is 30.3 Å². The number of hydrogen-bond donors (Lipinski definition) is 1. The third kappa shape index (κ3) is 2.91. The van der Waals surface area contributed by atoms with Crippen molar-refractivity contribution >= 4 is 17.5 Å². The van der Waals surface area contributed by atoms with Crippen molar-refractivity contribution in [2.45, 2.75) is 25.4 Å². The lowest BCUT2D eigenvalue weighted by molar-refractivity contribution is 0.0498. The lowest BCUT2D eigenvalue weighted by Gasteiger charge is -2.35. The quantitative estimate of drug-likeness (QED) is 0.691. The number of benzene rings is 2. The molecule has 0 saturated carbocycles. The van der Waals surface area contributed by atoms with Crippen LogP contribution < -0.4 is 5.73 Å². The van der Waals surface area contributed by atoms with E-state index in [1.165, 1.54) is 10.5 Å². The molecule has 0 radical (unpaired) electrons. The van der Waals surface area contributed by atoms with E-state index >= 15 is 0 Å². The Balaban J connectivity index is 1.43. The van der Waals surface area contributed by atoms with Crippen molar-refractivity contribution in [2.75, 3.05) is 18.8 Å². The average Bonchev–Trinajstić information content (AvgIpc) is 2.87. The summed E-state index contributed by atoms with van der Waals surface area (Å²) in [6.45, 7) is 2.68. The lowest BCUT2D eigenvalue weighted by atomic mass is 10.0. The van der Waals surface area contributed by atoms with Gasteiger partial charge in [-0.15, -0.1) is 0 Å². The summed E-state index contributed by atoms with van der Waals surface area (Å²) in [6, 6.07) is 15.3. The molecule has 2 N–H and O–H groups in total. The van der Waals surface area contributed by atoms with E-state index < -0.39 is 0 Å². The molecule has 2 amide bonds. The summed E-state index contributed by atoms with van der Waals surface area (Å²) in [5.41, 5.74) is 8.49. The second kappa shape index (κ2) is 6.33. The zero-order valence-corrected chi connectivity index (χ0v) is 14.0. The van der Waals surface area contributed by atoms with Crippen LogP contribution in [0.2, 0.25) is 0 Å². The van der Waals surface area contributed by atoms with Crippen LogP contribution in [0, 0.1) is 0 Å². The summed E-state index contributed by atoms with van der Waals surface area (Å²) >= 11 is 0. The molecule has 1 saturated heterocycles. The standard InChI is InChI=1S/C20H21N3O2/c21-15-6-7-17-18(12-15)20(25)23(19(17)24)16-8-10-22(11-9-16)13-14-4-2-1-3-5-14/h1-7,12,16H,8-11,13,21H2. The summed E-state index contributed by atoms with van der Waals surface area (Å²) in [5, 5.41) is 0. The van der Waals surface area contributed by atoms with Crippen LogP contribution in [0.4, 0.5) is 5.69 Å². The Labute approximate surface area is 147 Å². The Morgan fingerprint density at radius 1 is 0.920 bits per heavy atom. The fourth-order valence-electron chi connectivity index (χ4n) is 3.79. The van der Waals surface area contributed by atoms with Crippen molar-refractivity contribution < 1.29 is 9.59 Å². The Kier molecular flexibility index (Phi) is 4.01. The smallest absolute Gasteiger partial charge is 0.261 e. The number of likely N-dealkylation sites (tertiary alicyclic amines) is 1. The van der Waals surface area contributed by atoms with Crippen LogP contribution in [0.5, 0.6) is 0 Å². The van der Waals surface area contributed by atoms with Gasteiger partial charge >= 0.3 is 0 Å². The number of carbonyl (C=O) groups is 2. The molecular weight excluding hydrogens is 314 g/mol. The fourth-order valence-corrected chi connectivity index (χ4v) is 3.79. The molecule has 0 bridgehead atoms. The number of anilines is 1. The van der Waals surface area contributed by atoms with Gasteiger partial charge in [0.05, 0.1) is 11.1 Å². The summed E-state index contributed by atoms with van der Waals surface area (Å²) in [4.78, 5) is 29.1. The molecule has 5 heteroatoms. The van der Waals surface area contributed by atoms with Crippen molar-refractivity contribution in [3.05, 3.63) is 65.2 Å². The molecule has 2 aromatic rings. The normalized spacial score (nSPS) is 18.6. The number of rotatable bonds is 3. The van der Waals surface area contributed by atoms with E-state index in [-0.39, 0.29) is 17.9 Å². The summed E-state index contributed by atoms with van der Waals surface area (Å²) in [6.07, 6.45) is 1.63. The number of nitrogens with zero attached hydrogens (tertiary/aromatic N) is 2. The monoisotopic (exact) mass is 335 g/mol. The van der Waals surface area contributed by atoms with E-state index in [1.807, 2.05) is 18.2 Å². The number of imide groups is 1. The number of nitrogen functional groups attached to an aromatic ring is 1. The minimum absolute atomic E-state index is 0.0272. The molecule has 2 aliphatic rings. The van der Waals surface area contributed by atoms with Gasteiger partial charge in [-0.2, -0.15) is 0 Å². The van der Waals surface area contributed by atoms with Gasteiger partial charge in [-0.3, -0.25) is 19.4 Å². The average molecular weight is 335 g/mol. The summed E-state index contributed by atoms with van der Waals surface area (Å²) in [7, 11) is 0. The fraction of sp³-hybridized carbons (Fsp3) is 0.300. The van der Waals surface area contributed by atoms with Crippen LogP contribution >= 0.6 is 0 Å². The first-order valence-corrected chi connectivity index (χ1v) is 8.67. The van der Waals surface area contributed by atoms with Gasteiger partial charge in [-0.25, -0.2) is 0 Å². The largest absolute Gasteiger partial charge is 0.399 e. The molecule has 2 aliphatic heterocycles. The minimum atomic E-state index is -0.200. The number of hydrogen-bond acceptors (Lipinski definition) is 4. The van der Waals surface area contributed by atoms with Crippen LogP contribution in [0.15, 0.2) is 48.5 Å². The second-order valence-corrected chi connectivity index (χ2v) is 6.78. The molecule has 0 spiro atoms. The van der Waals surface area contributed by atoms with Crippen LogP contribution in [0.1, 0.15) is 39.1 Å². The maximum atomic E-state index is 12.7. The first kappa shape index (κ1) is 15.8. The Hall–Kier alpha value is -2.66. The van der Waals surface area contributed by atoms with Gasteiger partial charge in [0, 0.05) is 31.4 Å². The molecule has 0 unspecified atom stereocenters. The highest BCUT2D eigenvalue weighted by Gasteiger charge is 2.40. The van der Waals surface area contributed by atoms with E-state index in [9.17, 15) is 9.59 Å². The van der Waals surface area contributed by atoms with Crippen LogP contribution in [0.3, 0.4) is 0 Å². The van der Waals surface area contributed by atoms with Crippen molar-refractivity contribution in [3.8, 4) is 0 Å². The molecule has 2 heterocycles. The maximum absolute atomic E-state index is 12.7. The topological polar surface area (TPSA) is 66.6 Å². The molecule has 5 nitrogen and oxygen atoms in total. The van der Waals surface area contributed by atoms with Crippen molar-refractivity contribution in [3.63, 3.8) is 0 Å². The van der Waals surface area contributed by atoms with E-state index in [0.29, 0.717) is 16.8 Å². The van der Waals surface area contributed by atoms with Crippen molar-refractivity contribution in [1.82, 2.24) is 9.80 Å². The number of fused-ring (bicyclic) bond motifs is 1. The molecule has 0 aliphatic carbocycles. The van der Waals surface area contributed by atoms with Gasteiger partial charge in [0.15, 0.2) is 0 Å². The van der Waals surface area contributed by atoms with Crippen molar-refractivity contribution in [2.24, 2.45) is 0 Å². The van der Waals surface area contributed by atoms with Gasteiger partial charge in [0.25, 0.3) is 11.8 Å². The molecule has 128 valence electrons. The molecule has 1 fully saturated rings. The molecule has 2 aromatic carbocycles. The molecule has 25 heavy (non-hydrogen) atoms. The predicted octanol–water partition coefficient (Wildman–Crippen LogP) is 2.53. The van der Waals surface area contributed by atoms with E-state index in [2.05, 4.69) is 17.0 Å². The van der Waals surface area contributed by atoms with Gasteiger partial charge in [0.2, 0.25) is 0 Å². The zero-order valence-electron chi connectivity index (χ0n) is 14.0. The third-order valence-corrected chi connectivity index (χ3v) is 5.11. The maximum Gasteiger partial charge on any atom is 0.261 e. The minimum Gasteiger partial charge on any atom is -0.399 e. The molecule has 4 rings (SSSR count). The number of carbonyl (C=O) groups excluding carboxylic acids is 2. The third-order valence-electron chi connectivity index (χ3n) is 5.11. The first-order chi connectivity index (χ1) is 12.1. The van der Waals surface area contributed by atoms with Crippen LogP contribution in [-0.4, -0.2) is 40.7 Å². The summed E-state index contributed by atoms with van der Waals surface area (Å²) < 4.78 is 0. The molecular formula is C20H21N3O2. The first-order valence-electron chi connectivity index (χ1n) is 8.67. The molecule has 0 aromatic heterocycles. The molecule has 0 atom stereocenters. The highest BCUT2D eigenvalue weighted by atomic mass is 16.2. The van der Waals surface area contributed by atoms with Crippen molar-refractivity contribution in [1.29, 1.82) is 0 Å². The van der Waals surface area contributed by atoms with Gasteiger partial charge < -0.3 is 5.73 Å². The van der Waals surface area contributed by atoms with Gasteiger partial charge in [0.1, 0.15) is 0 Å². The van der Waals surface area contributed by atoms with Crippen LogP contribution in [0.25, 0.3) is 0 Å². The SMILES string of the molecule is Nc1ccc2c(c1)C(=O)N(C1CCN(Cc3ccccc3)CC1)C2=O. The number of amides is 2. The number of nitrogens with two attached hydrogens (primary N) is 1. The Morgan fingerprint density at radius 2 is 1.60 bits per heavy atom. The number of piperidine rings is 1. The van der Waals surface area contributed by atoms with E-state index in [1.54, 1.807) is 18.2 Å². The van der Waals surface area contributed by atoms with E-state index in [4.69, 9.17) is 5.73 Å². The highest BCUT2D eigenvalue weighted by molar-refractivity contribution is 6.21. The Morgan fingerprint density at radius 3 is 2.32 bits per heavy atom. The summed E-state index contributed by atoms with van der Waals surface area (Å²) in [5.74, 6) is -0.379. The van der Waals surface area contributed by atoms with Gasteiger partial charge in [-0.05, 0) is 36.6 Å². The Bertz CT molecular complexity index is 811. The lowest BCUT2D eigenvalue weighted by Crippen LogP contribution is -2.47. The second-order valence-electron chi connectivity index (χ2n) is 6.78. The van der Waals surface area contributed by atoms with E-state index in [0.717, 1.165) is 32.5 Å².